The van der Waals surface area contributed by atoms with Crippen LogP contribution in [-0.2, 0) is 4.79 Å². The summed E-state index contributed by atoms with van der Waals surface area (Å²) in [4.78, 5) is 12.3. The molecule has 0 aliphatic heterocycles. The number of hydrogen-bond acceptors (Lipinski definition) is 3. The van der Waals surface area contributed by atoms with E-state index in [4.69, 9.17) is 0 Å². The second-order valence-corrected chi connectivity index (χ2v) is 13.4. The summed E-state index contributed by atoms with van der Waals surface area (Å²) < 4.78 is 0. The molecule has 0 fully saturated rings. The van der Waals surface area contributed by atoms with Crippen LogP contribution < -0.4 is 5.32 Å². The van der Waals surface area contributed by atoms with E-state index in [1.165, 1.54) is 167 Å². The van der Waals surface area contributed by atoms with Gasteiger partial charge in [0.25, 0.3) is 0 Å². The van der Waals surface area contributed by atoms with E-state index in [-0.39, 0.29) is 12.5 Å². The molecule has 0 aliphatic rings. The molecule has 4 heteroatoms. The maximum atomic E-state index is 12.3. The molecule has 0 spiro atoms. The topological polar surface area (TPSA) is 69.6 Å². The van der Waals surface area contributed by atoms with Crippen molar-refractivity contribution in [1.29, 1.82) is 0 Å². The number of rotatable bonds is 35. The molecule has 0 saturated heterocycles. The second kappa shape index (κ2) is 35.6. The molecule has 2 atom stereocenters. The summed E-state index contributed by atoms with van der Waals surface area (Å²) in [6.07, 6.45) is 43.3. The summed E-state index contributed by atoms with van der Waals surface area (Å²) in [5.74, 6) is -0.0649. The minimum Gasteiger partial charge on any atom is -0.394 e. The van der Waals surface area contributed by atoms with Gasteiger partial charge < -0.3 is 15.5 Å². The third-order valence-electron chi connectivity index (χ3n) is 9.02. The van der Waals surface area contributed by atoms with Crippen LogP contribution in [0.5, 0.6) is 0 Å². The van der Waals surface area contributed by atoms with Gasteiger partial charge in [-0.2, -0.15) is 0 Å². The first-order valence-electron chi connectivity index (χ1n) is 19.4. The normalized spacial score (nSPS) is 13.1. The molecule has 3 N–H and O–H groups in total. The molecule has 0 bridgehead atoms. The van der Waals surface area contributed by atoms with E-state index in [1.807, 2.05) is 6.08 Å². The Balaban J connectivity index is 3.41. The van der Waals surface area contributed by atoms with Crippen LogP contribution in [0.1, 0.15) is 213 Å². The lowest BCUT2D eigenvalue weighted by atomic mass is 10.0. The Kier molecular flexibility index (Phi) is 34.9. The highest BCUT2D eigenvalue weighted by atomic mass is 16.3. The molecule has 0 aromatic heterocycles. The Bertz CT molecular complexity index is 579. The number of amides is 1. The van der Waals surface area contributed by atoms with Gasteiger partial charge in [-0.1, -0.05) is 199 Å². The summed E-state index contributed by atoms with van der Waals surface area (Å²) in [6, 6.07) is -0.613. The van der Waals surface area contributed by atoms with Gasteiger partial charge in [0.2, 0.25) is 5.91 Å². The van der Waals surface area contributed by atoms with Crippen LogP contribution in [0, 0.1) is 0 Å². The van der Waals surface area contributed by atoms with Gasteiger partial charge >= 0.3 is 0 Å². The Hall–Kier alpha value is -0.870. The van der Waals surface area contributed by atoms with Gasteiger partial charge in [0, 0.05) is 6.42 Å². The summed E-state index contributed by atoms with van der Waals surface area (Å²) in [5, 5.41) is 22.7. The lowest BCUT2D eigenvalue weighted by Gasteiger charge is -2.20. The van der Waals surface area contributed by atoms with Crippen LogP contribution in [0.3, 0.4) is 0 Å². The molecule has 0 heterocycles. The zero-order valence-corrected chi connectivity index (χ0v) is 29.2. The Labute approximate surface area is 269 Å². The molecule has 0 aliphatic carbocycles. The molecule has 2 unspecified atom stereocenters. The van der Waals surface area contributed by atoms with Crippen LogP contribution in [0.4, 0.5) is 0 Å². The lowest BCUT2D eigenvalue weighted by Crippen LogP contribution is -2.45. The van der Waals surface area contributed by atoms with Crippen LogP contribution in [-0.4, -0.2) is 34.9 Å². The average molecular weight is 608 g/mol. The molecule has 0 aromatic rings. The fraction of sp³-hybridized carbons (Fsp3) is 0.923. The van der Waals surface area contributed by atoms with E-state index in [0.717, 1.165) is 25.7 Å². The number of carbonyl (C=O) groups excluding carboxylic acids is 1. The van der Waals surface area contributed by atoms with E-state index in [0.29, 0.717) is 6.42 Å². The molecule has 43 heavy (non-hydrogen) atoms. The van der Waals surface area contributed by atoms with Crippen molar-refractivity contribution >= 4 is 5.91 Å². The van der Waals surface area contributed by atoms with Gasteiger partial charge in [0.05, 0.1) is 18.8 Å². The first kappa shape index (κ1) is 42.1. The maximum absolute atomic E-state index is 12.3. The van der Waals surface area contributed by atoms with Gasteiger partial charge in [-0.25, -0.2) is 0 Å². The molecular formula is C39H77NO3. The Morgan fingerprint density at radius 2 is 0.860 bits per heavy atom. The van der Waals surface area contributed by atoms with Crippen molar-refractivity contribution in [2.45, 2.75) is 225 Å². The molecule has 1 amide bonds. The second-order valence-electron chi connectivity index (χ2n) is 13.4. The third kappa shape index (κ3) is 32.3. The number of carbonyl (C=O) groups is 1. The molecule has 256 valence electrons. The number of allylic oxidation sites excluding steroid dienone is 1. The molecule has 0 radical (unpaired) electrons. The Morgan fingerprint density at radius 3 is 1.21 bits per heavy atom. The smallest absolute Gasteiger partial charge is 0.220 e. The summed E-state index contributed by atoms with van der Waals surface area (Å²) >= 11 is 0. The molecule has 0 rings (SSSR count). The van der Waals surface area contributed by atoms with Gasteiger partial charge in [-0.15, -0.1) is 0 Å². The van der Waals surface area contributed by atoms with E-state index in [2.05, 4.69) is 19.2 Å². The van der Waals surface area contributed by atoms with Crippen molar-refractivity contribution in [3.63, 3.8) is 0 Å². The molecular weight excluding hydrogens is 530 g/mol. The van der Waals surface area contributed by atoms with Crippen molar-refractivity contribution < 1.29 is 15.0 Å². The van der Waals surface area contributed by atoms with Crippen LogP contribution >= 0.6 is 0 Å². The van der Waals surface area contributed by atoms with E-state index in [1.54, 1.807) is 6.08 Å². The first-order chi connectivity index (χ1) is 21.2. The van der Waals surface area contributed by atoms with Gasteiger partial charge in [0.1, 0.15) is 0 Å². The minimum absolute atomic E-state index is 0.0649. The van der Waals surface area contributed by atoms with Crippen molar-refractivity contribution in [1.82, 2.24) is 5.32 Å². The third-order valence-corrected chi connectivity index (χ3v) is 9.02. The van der Waals surface area contributed by atoms with Gasteiger partial charge in [-0.05, 0) is 19.3 Å². The quantitative estimate of drug-likeness (QED) is 0.0496. The van der Waals surface area contributed by atoms with E-state index in [9.17, 15) is 15.0 Å². The molecule has 0 saturated carbocycles. The summed E-state index contributed by atoms with van der Waals surface area (Å²) in [5.41, 5.74) is 0. The fourth-order valence-electron chi connectivity index (χ4n) is 6.00. The monoisotopic (exact) mass is 608 g/mol. The fourth-order valence-corrected chi connectivity index (χ4v) is 6.00. The predicted octanol–water partition coefficient (Wildman–Crippen LogP) is 11.5. The molecule has 4 nitrogen and oxygen atoms in total. The summed E-state index contributed by atoms with van der Waals surface area (Å²) in [6.45, 7) is 4.26. The van der Waals surface area contributed by atoms with Crippen LogP contribution in [0.2, 0.25) is 0 Å². The number of aliphatic hydroxyl groups is 2. The predicted molar refractivity (Wildman–Crippen MR) is 189 cm³/mol. The number of unbranched alkanes of at least 4 members (excludes halogenated alkanes) is 28. The van der Waals surface area contributed by atoms with Crippen LogP contribution in [0.25, 0.3) is 0 Å². The number of aliphatic hydroxyl groups excluding tert-OH is 2. The largest absolute Gasteiger partial charge is 0.394 e. The SMILES string of the molecule is CCCCCCC/C=C/C(O)C(CO)NC(=O)CCCCCCCCCCCCCCCCCCCCCCCCCC. The zero-order valence-electron chi connectivity index (χ0n) is 29.2. The first-order valence-corrected chi connectivity index (χ1v) is 19.4. The highest BCUT2D eigenvalue weighted by Crippen LogP contribution is 2.16. The maximum Gasteiger partial charge on any atom is 0.220 e. The van der Waals surface area contributed by atoms with E-state index >= 15 is 0 Å². The van der Waals surface area contributed by atoms with Gasteiger partial charge in [0.15, 0.2) is 0 Å². The van der Waals surface area contributed by atoms with E-state index < -0.39 is 12.1 Å². The highest BCUT2D eigenvalue weighted by molar-refractivity contribution is 5.76. The van der Waals surface area contributed by atoms with Crippen molar-refractivity contribution in [3.05, 3.63) is 12.2 Å². The molecule has 0 aromatic carbocycles. The van der Waals surface area contributed by atoms with Crippen LogP contribution in [0.15, 0.2) is 12.2 Å². The van der Waals surface area contributed by atoms with Gasteiger partial charge in [-0.3, -0.25) is 4.79 Å². The minimum atomic E-state index is -0.830. The van der Waals surface area contributed by atoms with Crippen molar-refractivity contribution in [2.24, 2.45) is 0 Å². The van der Waals surface area contributed by atoms with Crippen molar-refractivity contribution in [3.8, 4) is 0 Å². The number of hydrogen-bond donors (Lipinski definition) is 3. The van der Waals surface area contributed by atoms with Crippen molar-refractivity contribution in [2.75, 3.05) is 6.61 Å². The highest BCUT2D eigenvalue weighted by Gasteiger charge is 2.17. The standard InChI is InChI=1S/C39H77NO3/c1-3-5-7-9-11-12-13-14-15-16-17-18-19-20-21-22-23-24-25-26-27-29-31-33-35-39(43)40-37(36-41)38(42)34-32-30-28-10-8-6-4-2/h32,34,37-38,41-42H,3-31,33,35-36H2,1-2H3,(H,40,43)/b34-32+. The average Bonchev–Trinajstić information content (AvgIpc) is 3.01. The lowest BCUT2D eigenvalue weighted by molar-refractivity contribution is -0.123. The Morgan fingerprint density at radius 1 is 0.535 bits per heavy atom. The zero-order chi connectivity index (χ0) is 31.5. The summed E-state index contributed by atoms with van der Waals surface area (Å²) in [7, 11) is 0. The number of nitrogens with one attached hydrogen (secondary N) is 1.